The predicted molar refractivity (Wildman–Crippen MR) is 70.2 cm³/mol. The molecule has 0 amide bonds. The van der Waals surface area contributed by atoms with E-state index in [2.05, 4.69) is 4.98 Å². The van der Waals surface area contributed by atoms with Gasteiger partial charge in [-0.2, -0.15) is 0 Å². The first kappa shape index (κ1) is 12.1. The van der Waals surface area contributed by atoms with Crippen LogP contribution in [-0.4, -0.2) is 27.3 Å². The van der Waals surface area contributed by atoms with Crippen LogP contribution < -0.4 is 11.2 Å². The third kappa shape index (κ3) is 1.79. The molecule has 0 unspecified atom stereocenters. The van der Waals surface area contributed by atoms with E-state index in [1.54, 1.807) is 19.3 Å². The first-order chi connectivity index (χ1) is 9.02. The molecule has 19 heavy (non-hydrogen) atoms. The number of rotatable bonds is 2. The van der Waals surface area contributed by atoms with Crippen LogP contribution in [0, 0.1) is 5.41 Å². The van der Waals surface area contributed by atoms with Crippen LogP contribution in [0.25, 0.3) is 10.9 Å². The fourth-order valence-electron chi connectivity index (χ4n) is 2.41. The lowest BCUT2D eigenvalue weighted by Crippen LogP contribution is -2.49. The molecule has 1 saturated heterocycles. The van der Waals surface area contributed by atoms with Gasteiger partial charge in [0.2, 0.25) is 0 Å². The van der Waals surface area contributed by atoms with Crippen LogP contribution in [0.4, 0.5) is 0 Å². The van der Waals surface area contributed by atoms with Crippen LogP contribution in [-0.2, 0) is 18.3 Å². The van der Waals surface area contributed by atoms with Gasteiger partial charge in [-0.15, -0.1) is 0 Å². The van der Waals surface area contributed by atoms with Crippen LogP contribution in [0.5, 0.6) is 0 Å². The highest BCUT2D eigenvalue weighted by molar-refractivity contribution is 5.76. The number of hydrogen-bond acceptors (Lipinski definition) is 4. The lowest BCUT2D eigenvalue weighted by atomic mass is 9.88. The van der Waals surface area contributed by atoms with Crippen LogP contribution >= 0.6 is 0 Å². The molecule has 0 bridgehead atoms. The molecule has 0 saturated carbocycles. The third-order valence-electron chi connectivity index (χ3n) is 3.60. The van der Waals surface area contributed by atoms with Gasteiger partial charge in [-0.3, -0.25) is 18.9 Å². The smallest absolute Gasteiger partial charge is 0.331 e. The van der Waals surface area contributed by atoms with Crippen molar-refractivity contribution in [3.05, 3.63) is 39.3 Å². The lowest BCUT2D eigenvalue weighted by molar-refractivity contribution is -0.111. The number of pyridine rings is 1. The number of hydrogen-bond donors (Lipinski definition) is 0. The van der Waals surface area contributed by atoms with Crippen molar-refractivity contribution in [3.63, 3.8) is 0 Å². The quantitative estimate of drug-likeness (QED) is 0.771. The molecule has 0 aliphatic carbocycles. The molecule has 1 fully saturated rings. The molecular formula is C13H15N3O3. The van der Waals surface area contributed by atoms with Gasteiger partial charge >= 0.3 is 5.69 Å². The summed E-state index contributed by atoms with van der Waals surface area (Å²) in [6.45, 7) is 3.56. The van der Waals surface area contributed by atoms with Crippen LogP contribution in [0.1, 0.15) is 6.92 Å². The molecule has 3 rings (SSSR count). The van der Waals surface area contributed by atoms with E-state index in [-0.39, 0.29) is 16.7 Å². The Labute approximate surface area is 109 Å². The third-order valence-corrected chi connectivity index (χ3v) is 3.60. The minimum Gasteiger partial charge on any atom is -0.380 e. The van der Waals surface area contributed by atoms with Gasteiger partial charge in [0.1, 0.15) is 0 Å². The summed E-state index contributed by atoms with van der Waals surface area (Å²) in [4.78, 5) is 28.6. The first-order valence-corrected chi connectivity index (χ1v) is 6.13. The van der Waals surface area contributed by atoms with Gasteiger partial charge < -0.3 is 4.74 Å². The molecule has 0 spiro atoms. The van der Waals surface area contributed by atoms with Gasteiger partial charge in [0.15, 0.2) is 0 Å². The second kappa shape index (κ2) is 4.03. The van der Waals surface area contributed by atoms with E-state index in [1.165, 1.54) is 15.3 Å². The molecular weight excluding hydrogens is 246 g/mol. The van der Waals surface area contributed by atoms with Crippen molar-refractivity contribution in [3.8, 4) is 0 Å². The second-order valence-electron chi connectivity index (χ2n) is 5.43. The van der Waals surface area contributed by atoms with E-state index in [4.69, 9.17) is 4.74 Å². The average molecular weight is 261 g/mol. The Kier molecular flexibility index (Phi) is 2.56. The summed E-state index contributed by atoms with van der Waals surface area (Å²) in [5, 5.41) is 0.515. The van der Waals surface area contributed by atoms with Gasteiger partial charge in [0.05, 0.1) is 30.3 Å². The van der Waals surface area contributed by atoms with E-state index in [1.807, 2.05) is 6.92 Å². The van der Waals surface area contributed by atoms with Crippen molar-refractivity contribution in [2.24, 2.45) is 12.5 Å². The first-order valence-electron chi connectivity index (χ1n) is 6.13. The van der Waals surface area contributed by atoms with Crippen molar-refractivity contribution in [1.82, 2.24) is 14.1 Å². The fourth-order valence-corrected chi connectivity index (χ4v) is 2.41. The standard InChI is InChI=1S/C13H15N3O3/c1-13(7-19-8-13)6-16-11(17)9-3-4-14-5-10(9)15(2)12(16)18/h3-5H,6-8H2,1-2H3. The molecule has 0 radical (unpaired) electrons. The Balaban J connectivity index is 2.25. The molecule has 0 atom stereocenters. The SMILES string of the molecule is Cn1c(=O)n(CC2(C)COC2)c(=O)c2ccncc21. The Hall–Kier alpha value is -1.95. The summed E-state index contributed by atoms with van der Waals surface area (Å²) in [5.74, 6) is 0. The summed E-state index contributed by atoms with van der Waals surface area (Å²) in [6.07, 6.45) is 3.10. The van der Waals surface area contributed by atoms with Crippen molar-refractivity contribution < 1.29 is 4.74 Å². The van der Waals surface area contributed by atoms with Crippen molar-refractivity contribution in [1.29, 1.82) is 0 Å². The van der Waals surface area contributed by atoms with E-state index in [9.17, 15) is 9.59 Å². The largest absolute Gasteiger partial charge is 0.380 e. The zero-order valence-electron chi connectivity index (χ0n) is 10.9. The molecule has 2 aromatic rings. The predicted octanol–water partition coefficient (Wildman–Crippen LogP) is 0.132. The summed E-state index contributed by atoms with van der Waals surface area (Å²) in [7, 11) is 1.65. The summed E-state index contributed by atoms with van der Waals surface area (Å²) < 4.78 is 7.93. The Morgan fingerprint density at radius 1 is 1.42 bits per heavy atom. The minimum absolute atomic E-state index is 0.128. The number of fused-ring (bicyclic) bond motifs is 1. The van der Waals surface area contributed by atoms with E-state index in [0.29, 0.717) is 30.7 Å². The van der Waals surface area contributed by atoms with Crippen LogP contribution in [0.15, 0.2) is 28.0 Å². The van der Waals surface area contributed by atoms with Crippen LogP contribution in [0.3, 0.4) is 0 Å². The normalized spacial score (nSPS) is 17.4. The molecule has 1 aliphatic rings. The van der Waals surface area contributed by atoms with Gasteiger partial charge in [0, 0.05) is 25.2 Å². The van der Waals surface area contributed by atoms with E-state index in [0.717, 1.165) is 0 Å². The van der Waals surface area contributed by atoms with Gasteiger partial charge in [0.25, 0.3) is 5.56 Å². The number of ether oxygens (including phenoxy) is 1. The molecule has 0 N–H and O–H groups in total. The molecule has 2 aromatic heterocycles. The summed E-state index contributed by atoms with van der Waals surface area (Å²) in [6, 6.07) is 1.65. The fraction of sp³-hybridized carbons (Fsp3) is 0.462. The van der Waals surface area contributed by atoms with Gasteiger partial charge in [-0.25, -0.2) is 4.79 Å². The maximum Gasteiger partial charge on any atom is 0.331 e. The van der Waals surface area contributed by atoms with Gasteiger partial charge in [-0.05, 0) is 6.07 Å². The zero-order chi connectivity index (χ0) is 13.6. The Morgan fingerprint density at radius 2 is 2.16 bits per heavy atom. The zero-order valence-corrected chi connectivity index (χ0v) is 10.9. The number of aromatic nitrogens is 3. The number of nitrogens with zero attached hydrogens (tertiary/aromatic N) is 3. The Morgan fingerprint density at radius 3 is 2.79 bits per heavy atom. The highest BCUT2D eigenvalue weighted by Gasteiger charge is 2.35. The van der Waals surface area contributed by atoms with Crippen molar-refractivity contribution in [2.45, 2.75) is 13.5 Å². The monoisotopic (exact) mass is 261 g/mol. The molecule has 1 aliphatic heterocycles. The van der Waals surface area contributed by atoms with Crippen molar-refractivity contribution >= 4 is 10.9 Å². The van der Waals surface area contributed by atoms with Gasteiger partial charge in [-0.1, -0.05) is 6.92 Å². The minimum atomic E-state index is -0.307. The van der Waals surface area contributed by atoms with Crippen LogP contribution in [0.2, 0.25) is 0 Å². The molecule has 0 aromatic carbocycles. The molecule has 6 heteroatoms. The number of aryl methyl sites for hydroxylation is 1. The molecule has 3 heterocycles. The molecule has 6 nitrogen and oxygen atoms in total. The molecule has 100 valence electrons. The van der Waals surface area contributed by atoms with Crippen molar-refractivity contribution in [2.75, 3.05) is 13.2 Å². The summed E-state index contributed by atoms with van der Waals surface area (Å²) in [5.41, 5.74) is -0.132. The summed E-state index contributed by atoms with van der Waals surface area (Å²) >= 11 is 0. The van der Waals surface area contributed by atoms with E-state index >= 15 is 0 Å². The Bertz CT molecular complexity index is 756. The maximum atomic E-state index is 12.4. The lowest BCUT2D eigenvalue weighted by Gasteiger charge is -2.38. The highest BCUT2D eigenvalue weighted by atomic mass is 16.5. The topological polar surface area (TPSA) is 66.1 Å². The van der Waals surface area contributed by atoms with E-state index < -0.39 is 0 Å². The maximum absolute atomic E-state index is 12.4. The average Bonchev–Trinajstić information content (AvgIpc) is 2.39. The highest BCUT2D eigenvalue weighted by Crippen LogP contribution is 2.27. The second-order valence-corrected chi connectivity index (χ2v) is 5.43.